The second kappa shape index (κ2) is 7.99. The molecular weight excluding hydrogens is 366 g/mol. The van der Waals surface area contributed by atoms with Gasteiger partial charge in [0, 0.05) is 36.4 Å². The highest BCUT2D eigenvalue weighted by Crippen LogP contribution is 2.38. The quantitative estimate of drug-likeness (QED) is 0.765. The Labute approximate surface area is 156 Å². The standard InChI is InChI=1S/C16H19N3O4S.ClH/c1-22-12-5-9(6-14-15(20)18-16(21)24-14)11(7-13(12)23-2)19-4-3-10(17)8-19;/h5-7,10H,3-4,8,17H2,1-2H3,(H,18,20,21);1H/t10-;/m1./s1. The van der Waals surface area contributed by atoms with E-state index in [9.17, 15) is 9.59 Å². The lowest BCUT2D eigenvalue weighted by Gasteiger charge is -2.22. The van der Waals surface area contributed by atoms with Crippen molar-refractivity contribution in [1.29, 1.82) is 0 Å². The zero-order valence-corrected chi connectivity index (χ0v) is 15.5. The van der Waals surface area contributed by atoms with Gasteiger partial charge in [0.1, 0.15) is 0 Å². The van der Waals surface area contributed by atoms with Crippen molar-refractivity contribution in [1.82, 2.24) is 5.32 Å². The first-order chi connectivity index (χ1) is 11.5. The molecule has 0 aliphatic carbocycles. The second-order valence-corrected chi connectivity index (χ2v) is 6.63. The molecule has 25 heavy (non-hydrogen) atoms. The number of hydrogen-bond acceptors (Lipinski definition) is 7. The summed E-state index contributed by atoms with van der Waals surface area (Å²) >= 11 is 0.890. The molecule has 0 radical (unpaired) electrons. The van der Waals surface area contributed by atoms with Crippen LogP contribution in [0.1, 0.15) is 12.0 Å². The number of amides is 2. The molecule has 1 aromatic rings. The Morgan fingerprint density at radius 2 is 1.96 bits per heavy atom. The van der Waals surface area contributed by atoms with Gasteiger partial charge in [-0.15, -0.1) is 12.4 Å². The molecule has 0 unspecified atom stereocenters. The summed E-state index contributed by atoms with van der Waals surface area (Å²) in [6.07, 6.45) is 2.60. The van der Waals surface area contributed by atoms with Crippen LogP contribution >= 0.6 is 24.2 Å². The predicted molar refractivity (Wildman–Crippen MR) is 101 cm³/mol. The Morgan fingerprint density at radius 3 is 2.48 bits per heavy atom. The lowest BCUT2D eigenvalue weighted by atomic mass is 10.1. The van der Waals surface area contributed by atoms with Crippen LogP contribution in [-0.2, 0) is 4.79 Å². The Balaban J connectivity index is 0.00000225. The first-order valence-electron chi connectivity index (χ1n) is 7.53. The molecule has 0 spiro atoms. The molecule has 2 amide bonds. The summed E-state index contributed by atoms with van der Waals surface area (Å²) in [4.78, 5) is 25.7. The number of nitrogens with one attached hydrogen (secondary N) is 1. The summed E-state index contributed by atoms with van der Waals surface area (Å²) in [7, 11) is 3.13. The van der Waals surface area contributed by atoms with Crippen molar-refractivity contribution in [2.45, 2.75) is 12.5 Å². The Bertz CT molecular complexity index is 726. The Kier molecular flexibility index (Phi) is 6.21. The molecule has 2 saturated heterocycles. The van der Waals surface area contributed by atoms with E-state index in [4.69, 9.17) is 15.2 Å². The molecule has 3 N–H and O–H groups in total. The van der Waals surface area contributed by atoms with Gasteiger partial charge >= 0.3 is 0 Å². The van der Waals surface area contributed by atoms with E-state index in [2.05, 4.69) is 10.2 Å². The highest BCUT2D eigenvalue weighted by molar-refractivity contribution is 8.18. The number of carbonyl (C=O) groups is 2. The van der Waals surface area contributed by atoms with E-state index < -0.39 is 0 Å². The molecule has 136 valence electrons. The van der Waals surface area contributed by atoms with E-state index in [1.54, 1.807) is 20.3 Å². The molecule has 2 fully saturated rings. The van der Waals surface area contributed by atoms with Crippen LogP contribution in [0.25, 0.3) is 6.08 Å². The number of nitrogens with zero attached hydrogens (tertiary/aromatic N) is 1. The number of benzene rings is 1. The van der Waals surface area contributed by atoms with Gasteiger partial charge in [-0.2, -0.15) is 0 Å². The van der Waals surface area contributed by atoms with Gasteiger partial charge in [0.15, 0.2) is 11.5 Å². The third-order valence-corrected chi connectivity index (χ3v) is 4.84. The number of ether oxygens (including phenoxy) is 2. The Hall–Kier alpha value is -1.90. The lowest BCUT2D eigenvalue weighted by molar-refractivity contribution is -0.115. The molecule has 2 aliphatic heterocycles. The SMILES string of the molecule is COc1cc(C=C2SC(=O)NC2=O)c(N2CC[C@@H](N)C2)cc1OC.Cl. The topological polar surface area (TPSA) is 93.9 Å². The van der Waals surface area contributed by atoms with Gasteiger partial charge < -0.3 is 20.1 Å². The third kappa shape index (κ3) is 4.02. The maximum Gasteiger partial charge on any atom is 0.290 e. The van der Waals surface area contributed by atoms with Crippen LogP contribution < -0.4 is 25.4 Å². The molecule has 0 aromatic heterocycles. The number of imide groups is 1. The fourth-order valence-electron chi connectivity index (χ4n) is 2.84. The highest BCUT2D eigenvalue weighted by atomic mass is 35.5. The summed E-state index contributed by atoms with van der Waals surface area (Å²) in [6, 6.07) is 3.80. The summed E-state index contributed by atoms with van der Waals surface area (Å²) in [5.41, 5.74) is 7.71. The zero-order chi connectivity index (χ0) is 17.3. The van der Waals surface area contributed by atoms with Crippen LogP contribution in [0.4, 0.5) is 10.5 Å². The molecule has 3 rings (SSSR count). The van der Waals surface area contributed by atoms with Crippen LogP contribution in [0.5, 0.6) is 11.5 Å². The van der Waals surface area contributed by atoms with Crippen LogP contribution in [0, 0.1) is 0 Å². The van der Waals surface area contributed by atoms with Crippen molar-refractivity contribution in [3.05, 3.63) is 22.6 Å². The second-order valence-electron chi connectivity index (χ2n) is 5.61. The van der Waals surface area contributed by atoms with E-state index in [-0.39, 0.29) is 29.6 Å². The van der Waals surface area contributed by atoms with Crippen molar-refractivity contribution in [3.63, 3.8) is 0 Å². The number of carbonyl (C=O) groups excluding carboxylic acids is 2. The number of thioether (sulfide) groups is 1. The molecule has 0 saturated carbocycles. The molecule has 7 nitrogen and oxygen atoms in total. The molecule has 2 aliphatic rings. The minimum Gasteiger partial charge on any atom is -0.493 e. The number of rotatable bonds is 4. The number of anilines is 1. The number of hydrogen-bond donors (Lipinski definition) is 2. The minimum absolute atomic E-state index is 0. The van der Waals surface area contributed by atoms with Gasteiger partial charge in [-0.05, 0) is 30.3 Å². The van der Waals surface area contributed by atoms with Gasteiger partial charge in [0.05, 0.1) is 19.1 Å². The normalized spacial score (nSPS) is 21.3. The first kappa shape index (κ1) is 19.4. The lowest BCUT2D eigenvalue weighted by Crippen LogP contribution is -2.26. The summed E-state index contributed by atoms with van der Waals surface area (Å²) < 4.78 is 10.7. The maximum absolute atomic E-state index is 11.8. The van der Waals surface area contributed by atoms with Crippen LogP contribution in [0.3, 0.4) is 0 Å². The van der Waals surface area contributed by atoms with Gasteiger partial charge in [0.2, 0.25) is 0 Å². The fraction of sp³-hybridized carbons (Fsp3) is 0.375. The van der Waals surface area contributed by atoms with Gasteiger partial charge in [-0.25, -0.2) is 0 Å². The van der Waals surface area contributed by atoms with E-state index in [0.717, 1.165) is 42.5 Å². The van der Waals surface area contributed by atoms with Crippen molar-refractivity contribution < 1.29 is 19.1 Å². The predicted octanol–water partition coefficient (Wildman–Crippen LogP) is 1.99. The largest absolute Gasteiger partial charge is 0.493 e. The van der Waals surface area contributed by atoms with Gasteiger partial charge in [0.25, 0.3) is 11.1 Å². The highest BCUT2D eigenvalue weighted by Gasteiger charge is 2.27. The Morgan fingerprint density at radius 1 is 1.28 bits per heavy atom. The third-order valence-electron chi connectivity index (χ3n) is 4.03. The zero-order valence-electron chi connectivity index (χ0n) is 13.9. The molecule has 1 aromatic carbocycles. The number of methoxy groups -OCH3 is 2. The van der Waals surface area contributed by atoms with Crippen LogP contribution in [-0.4, -0.2) is 44.5 Å². The van der Waals surface area contributed by atoms with E-state index in [0.29, 0.717) is 16.4 Å². The average molecular weight is 386 g/mol. The molecule has 1 atom stereocenters. The van der Waals surface area contributed by atoms with Crippen molar-refractivity contribution >= 4 is 47.1 Å². The van der Waals surface area contributed by atoms with Crippen molar-refractivity contribution in [2.75, 3.05) is 32.2 Å². The summed E-state index contributed by atoms with van der Waals surface area (Å²) in [5, 5.41) is 1.90. The van der Waals surface area contributed by atoms with E-state index in [1.165, 1.54) is 0 Å². The van der Waals surface area contributed by atoms with E-state index >= 15 is 0 Å². The van der Waals surface area contributed by atoms with E-state index in [1.807, 2.05) is 12.1 Å². The number of nitrogens with two attached hydrogens (primary N) is 1. The summed E-state index contributed by atoms with van der Waals surface area (Å²) in [5.74, 6) is 0.782. The van der Waals surface area contributed by atoms with Crippen molar-refractivity contribution in [3.8, 4) is 11.5 Å². The monoisotopic (exact) mass is 385 g/mol. The van der Waals surface area contributed by atoms with Crippen molar-refractivity contribution in [2.24, 2.45) is 5.73 Å². The molecular formula is C16H20ClN3O4S. The van der Waals surface area contributed by atoms with Crippen LogP contribution in [0.2, 0.25) is 0 Å². The maximum atomic E-state index is 11.8. The molecule has 0 bridgehead atoms. The fourth-order valence-corrected chi connectivity index (χ4v) is 3.51. The number of halogens is 1. The van der Waals surface area contributed by atoms with Crippen LogP contribution in [0.15, 0.2) is 17.0 Å². The molecule has 9 heteroatoms. The molecule has 2 heterocycles. The van der Waals surface area contributed by atoms with Gasteiger partial charge in [-0.3, -0.25) is 14.9 Å². The smallest absolute Gasteiger partial charge is 0.290 e. The average Bonchev–Trinajstić information content (AvgIpc) is 3.12. The minimum atomic E-state index is -0.385. The first-order valence-corrected chi connectivity index (χ1v) is 8.35. The summed E-state index contributed by atoms with van der Waals surface area (Å²) in [6.45, 7) is 1.55. The van der Waals surface area contributed by atoms with Gasteiger partial charge in [-0.1, -0.05) is 0 Å².